The highest BCUT2D eigenvalue weighted by atomic mass is 16.5. The smallest absolute Gasteiger partial charge is 0.0808 e. The summed E-state index contributed by atoms with van der Waals surface area (Å²) in [5.74, 6) is 0.623. The number of rotatable bonds is 6. The number of unbranched alkanes of at least 4 members (excludes halogenated alkanes) is 1. The topological polar surface area (TPSA) is 23.1 Å². The van der Waals surface area contributed by atoms with Crippen molar-refractivity contribution in [3.05, 3.63) is 5.21 Å². The fraction of sp³-hybridized carbons (Fsp3) is 1.00. The van der Waals surface area contributed by atoms with Gasteiger partial charge in [-0.3, -0.25) is 0 Å². The minimum absolute atomic E-state index is 0.137. The van der Waals surface area contributed by atoms with Crippen LogP contribution in [0.15, 0.2) is 0 Å². The monoisotopic (exact) mass is 173 g/mol. The number of hydroxylamine groups is 3. The van der Waals surface area contributed by atoms with Crippen LogP contribution in [0, 0.1) is 11.1 Å². The molecular formula is C10H23NO. The van der Waals surface area contributed by atoms with Gasteiger partial charge in [-0.05, 0) is 12.8 Å². The van der Waals surface area contributed by atoms with Gasteiger partial charge in [-0.1, -0.05) is 26.7 Å². The zero-order valence-corrected chi connectivity index (χ0v) is 8.97. The minimum atomic E-state index is -0.137. The van der Waals surface area contributed by atoms with E-state index in [4.69, 9.17) is 0 Å². The van der Waals surface area contributed by atoms with Gasteiger partial charge in [0.15, 0.2) is 0 Å². The van der Waals surface area contributed by atoms with E-state index in [1.807, 2.05) is 0 Å². The Labute approximate surface area is 76.7 Å². The van der Waals surface area contributed by atoms with Crippen LogP contribution in [0.1, 0.15) is 39.5 Å². The lowest BCUT2D eigenvalue weighted by molar-refractivity contribution is -0.843. The first-order chi connectivity index (χ1) is 5.49. The summed E-state index contributed by atoms with van der Waals surface area (Å²) >= 11 is 0. The number of nitrogens with zero attached hydrogens (tertiary/aromatic N) is 1. The summed E-state index contributed by atoms with van der Waals surface area (Å²) in [6, 6.07) is 0. The molecule has 0 aromatic carbocycles. The van der Waals surface area contributed by atoms with Crippen LogP contribution >= 0.6 is 0 Å². The van der Waals surface area contributed by atoms with E-state index in [0.717, 1.165) is 13.0 Å². The van der Waals surface area contributed by atoms with Gasteiger partial charge in [-0.15, -0.1) is 0 Å². The Morgan fingerprint density at radius 2 is 1.83 bits per heavy atom. The van der Waals surface area contributed by atoms with Crippen molar-refractivity contribution in [3.8, 4) is 0 Å². The van der Waals surface area contributed by atoms with E-state index in [2.05, 4.69) is 13.8 Å². The van der Waals surface area contributed by atoms with E-state index >= 15 is 0 Å². The maximum absolute atomic E-state index is 11.4. The highest BCUT2D eigenvalue weighted by molar-refractivity contribution is 4.56. The molecule has 0 spiro atoms. The predicted molar refractivity (Wildman–Crippen MR) is 53.6 cm³/mol. The summed E-state index contributed by atoms with van der Waals surface area (Å²) in [5, 5.41) is 11.4. The Balaban J connectivity index is 3.67. The molecule has 0 N–H and O–H groups in total. The van der Waals surface area contributed by atoms with Gasteiger partial charge in [0.05, 0.1) is 20.6 Å². The number of hydrogen-bond acceptors (Lipinski definition) is 1. The molecule has 0 aliphatic heterocycles. The third kappa shape index (κ3) is 6.62. The average molecular weight is 173 g/mol. The Morgan fingerprint density at radius 3 is 2.17 bits per heavy atom. The molecule has 0 saturated carbocycles. The van der Waals surface area contributed by atoms with Crippen LogP contribution in [0.3, 0.4) is 0 Å². The second-order valence-electron chi connectivity index (χ2n) is 4.17. The van der Waals surface area contributed by atoms with E-state index in [-0.39, 0.29) is 4.65 Å². The van der Waals surface area contributed by atoms with Crippen LogP contribution in [0.4, 0.5) is 0 Å². The summed E-state index contributed by atoms with van der Waals surface area (Å²) in [6.45, 7) is 5.15. The molecule has 2 heteroatoms. The molecule has 0 fully saturated rings. The van der Waals surface area contributed by atoms with E-state index in [0.29, 0.717) is 5.92 Å². The van der Waals surface area contributed by atoms with E-state index < -0.39 is 0 Å². The van der Waals surface area contributed by atoms with Crippen molar-refractivity contribution < 1.29 is 4.65 Å². The molecule has 0 radical (unpaired) electrons. The van der Waals surface area contributed by atoms with Gasteiger partial charge >= 0.3 is 0 Å². The van der Waals surface area contributed by atoms with Crippen LogP contribution in [-0.2, 0) is 0 Å². The summed E-state index contributed by atoms with van der Waals surface area (Å²) in [6.07, 6.45) is 4.86. The van der Waals surface area contributed by atoms with Gasteiger partial charge in [-0.25, -0.2) is 0 Å². The quantitative estimate of drug-likeness (QED) is 0.447. The van der Waals surface area contributed by atoms with E-state index in [1.54, 1.807) is 14.1 Å². The summed E-state index contributed by atoms with van der Waals surface area (Å²) in [4.78, 5) is 0. The lowest BCUT2D eigenvalue weighted by atomic mass is 9.99. The van der Waals surface area contributed by atoms with Gasteiger partial charge in [-0.2, -0.15) is 0 Å². The summed E-state index contributed by atoms with van der Waals surface area (Å²) in [7, 11) is 3.46. The van der Waals surface area contributed by atoms with E-state index in [1.165, 1.54) is 19.3 Å². The molecule has 2 nitrogen and oxygen atoms in total. The maximum atomic E-state index is 11.4. The minimum Gasteiger partial charge on any atom is -0.633 e. The van der Waals surface area contributed by atoms with Gasteiger partial charge in [0.1, 0.15) is 0 Å². The van der Waals surface area contributed by atoms with E-state index in [9.17, 15) is 5.21 Å². The normalized spacial score (nSPS) is 14.8. The lowest BCUT2D eigenvalue weighted by Gasteiger charge is -2.37. The summed E-state index contributed by atoms with van der Waals surface area (Å²) < 4.78 is -0.137. The molecule has 0 bridgehead atoms. The molecule has 12 heavy (non-hydrogen) atoms. The second-order valence-corrected chi connectivity index (χ2v) is 4.17. The highest BCUT2D eigenvalue weighted by Gasteiger charge is 2.12. The maximum Gasteiger partial charge on any atom is 0.0808 e. The van der Waals surface area contributed by atoms with Crippen LogP contribution in [0.5, 0.6) is 0 Å². The molecule has 0 rings (SSSR count). The molecule has 0 aliphatic carbocycles. The van der Waals surface area contributed by atoms with Crippen LogP contribution in [-0.4, -0.2) is 25.3 Å². The number of hydrogen-bond donors (Lipinski definition) is 0. The second kappa shape index (κ2) is 5.55. The Bertz CT molecular complexity index is 107. The first-order valence-corrected chi connectivity index (χ1v) is 5.03. The van der Waals surface area contributed by atoms with Crippen molar-refractivity contribution in [2.24, 2.45) is 5.92 Å². The standard InChI is InChI=1S/C10H23NO/c1-5-7-8-10(6-2)9-11(3,4)12/h10H,5-9H2,1-4H3. The fourth-order valence-corrected chi connectivity index (χ4v) is 1.54. The lowest BCUT2D eigenvalue weighted by Crippen LogP contribution is -2.37. The molecule has 0 heterocycles. The SMILES string of the molecule is CCCCC(CC)C[N+](C)(C)[O-]. The Hall–Kier alpha value is -0.0800. The van der Waals surface area contributed by atoms with Crippen molar-refractivity contribution in [1.82, 2.24) is 0 Å². The van der Waals surface area contributed by atoms with Gasteiger partial charge < -0.3 is 9.85 Å². The molecule has 0 saturated heterocycles. The largest absolute Gasteiger partial charge is 0.633 e. The Kier molecular flexibility index (Phi) is 5.51. The molecule has 74 valence electrons. The molecule has 0 aromatic heterocycles. The third-order valence-electron chi connectivity index (χ3n) is 2.24. The van der Waals surface area contributed by atoms with Gasteiger partial charge in [0, 0.05) is 5.92 Å². The first-order valence-electron chi connectivity index (χ1n) is 5.03. The summed E-state index contributed by atoms with van der Waals surface area (Å²) in [5.41, 5.74) is 0. The molecule has 0 aromatic rings. The van der Waals surface area contributed by atoms with Crippen LogP contribution in [0.25, 0.3) is 0 Å². The highest BCUT2D eigenvalue weighted by Crippen LogP contribution is 2.15. The van der Waals surface area contributed by atoms with Crippen LogP contribution < -0.4 is 0 Å². The van der Waals surface area contributed by atoms with Crippen molar-refractivity contribution in [1.29, 1.82) is 0 Å². The van der Waals surface area contributed by atoms with Gasteiger partial charge in [0.25, 0.3) is 0 Å². The van der Waals surface area contributed by atoms with Crippen LogP contribution in [0.2, 0.25) is 0 Å². The third-order valence-corrected chi connectivity index (χ3v) is 2.24. The molecular weight excluding hydrogens is 150 g/mol. The zero-order valence-electron chi connectivity index (χ0n) is 8.97. The number of quaternary nitrogens is 1. The molecule has 0 aliphatic rings. The zero-order chi connectivity index (χ0) is 9.61. The van der Waals surface area contributed by atoms with Crippen molar-refractivity contribution in [3.63, 3.8) is 0 Å². The van der Waals surface area contributed by atoms with Crippen molar-refractivity contribution in [2.45, 2.75) is 39.5 Å². The predicted octanol–water partition coefficient (Wildman–Crippen LogP) is 2.78. The fourth-order valence-electron chi connectivity index (χ4n) is 1.54. The molecule has 0 amide bonds. The van der Waals surface area contributed by atoms with Crippen molar-refractivity contribution >= 4 is 0 Å². The Morgan fingerprint density at radius 1 is 1.25 bits per heavy atom. The molecule has 1 unspecified atom stereocenters. The van der Waals surface area contributed by atoms with Crippen molar-refractivity contribution in [2.75, 3.05) is 20.6 Å². The average Bonchev–Trinajstić information content (AvgIpc) is 1.95. The molecule has 1 atom stereocenters. The first kappa shape index (κ1) is 11.9. The van der Waals surface area contributed by atoms with Gasteiger partial charge in [0.2, 0.25) is 0 Å².